The van der Waals surface area contributed by atoms with Crippen LogP contribution in [0.3, 0.4) is 0 Å². The average molecular weight is 950 g/mol. The quantitative estimate of drug-likeness (QED) is 0.158. The van der Waals surface area contributed by atoms with E-state index in [0.29, 0.717) is 11.8 Å². The number of hydrogen-bond acceptors (Lipinski definition) is 0. The van der Waals surface area contributed by atoms with Gasteiger partial charge in [-0.2, -0.15) is 11.6 Å². The molecule has 0 saturated carbocycles. The van der Waals surface area contributed by atoms with E-state index >= 15 is 0 Å². The fourth-order valence-electron chi connectivity index (χ4n) is 7.31. The smallest absolute Gasteiger partial charge is 1.00 e. The van der Waals surface area contributed by atoms with Crippen LogP contribution in [-0.2, 0) is 45.9 Å². The monoisotopic (exact) mass is 946 g/mol. The number of fused-ring (bicyclic) bond motifs is 3. The van der Waals surface area contributed by atoms with Gasteiger partial charge >= 0.3 is 120 Å². The molecule has 0 nitrogen and oxygen atoms in total. The zero-order valence-electron chi connectivity index (χ0n) is 38.8. The summed E-state index contributed by atoms with van der Waals surface area (Å²) in [4.78, 5) is 0. The van der Waals surface area contributed by atoms with E-state index in [1.807, 2.05) is 48.5 Å². The molecule has 0 saturated heterocycles. The van der Waals surface area contributed by atoms with Gasteiger partial charge in [0.2, 0.25) is 0 Å². The molecule has 1 aliphatic rings. The van der Waals surface area contributed by atoms with Crippen LogP contribution in [0.5, 0.6) is 0 Å². The molecule has 0 aliphatic heterocycles. The summed E-state index contributed by atoms with van der Waals surface area (Å²) in [6.45, 7) is 39.3. The Morgan fingerprint density at radius 3 is 1.12 bits per heavy atom. The van der Waals surface area contributed by atoms with Crippen molar-refractivity contribution in [1.82, 2.24) is 0 Å². The first kappa shape index (κ1) is 53.3. The maximum Gasteiger partial charge on any atom is -1.00 e. The first-order valence-electron chi connectivity index (χ1n) is 20.6. The Morgan fingerprint density at radius 2 is 0.864 bits per heavy atom. The summed E-state index contributed by atoms with van der Waals surface area (Å²) in [5.74, 6) is 1.22. The second-order valence-electron chi connectivity index (χ2n) is 21.5. The molecule has 59 heavy (non-hydrogen) atoms. The van der Waals surface area contributed by atoms with Crippen LogP contribution in [-0.4, -0.2) is 3.21 Å². The maximum atomic E-state index is 5.86. The largest absolute Gasteiger partial charge is 1.00 e. The third-order valence-corrected chi connectivity index (χ3v) is 12.8. The molecule has 0 radical (unpaired) electrons. The summed E-state index contributed by atoms with van der Waals surface area (Å²) in [7, 11) is 0. The van der Waals surface area contributed by atoms with Crippen molar-refractivity contribution >= 4 is 48.0 Å². The van der Waals surface area contributed by atoms with Gasteiger partial charge in [-0.05, 0) is 21.7 Å². The van der Waals surface area contributed by atoms with Gasteiger partial charge in [-0.25, -0.2) is 6.08 Å². The molecule has 0 heterocycles. The summed E-state index contributed by atoms with van der Waals surface area (Å²) < 4.78 is 1.31. The molecule has 0 aromatic heterocycles. The molecular weight excluding hydrogens is 882 g/mol. The first-order valence-corrected chi connectivity index (χ1v) is 22.6. The molecule has 0 N–H and O–H groups in total. The molecule has 5 heteroatoms. The van der Waals surface area contributed by atoms with Gasteiger partial charge < -0.3 is 24.8 Å². The summed E-state index contributed by atoms with van der Waals surface area (Å²) in [6.07, 6.45) is 7.90. The van der Waals surface area contributed by atoms with Crippen molar-refractivity contribution in [2.45, 2.75) is 139 Å². The molecule has 5 aromatic carbocycles. The summed E-state index contributed by atoms with van der Waals surface area (Å²) in [5, 5.41) is 7.10. The van der Waals surface area contributed by atoms with Gasteiger partial charge in [-0.3, -0.25) is 6.08 Å². The van der Waals surface area contributed by atoms with E-state index in [1.54, 1.807) is 0 Å². The van der Waals surface area contributed by atoms with Gasteiger partial charge in [-0.1, -0.05) is 169 Å². The van der Waals surface area contributed by atoms with Crippen molar-refractivity contribution in [2.75, 3.05) is 0 Å². The Bertz CT molecular complexity index is 2110. The number of rotatable bonds is 3. The van der Waals surface area contributed by atoms with Crippen LogP contribution in [0.1, 0.15) is 151 Å². The van der Waals surface area contributed by atoms with Crippen molar-refractivity contribution in [3.8, 4) is 0 Å². The van der Waals surface area contributed by atoms with Crippen molar-refractivity contribution in [2.24, 2.45) is 17.3 Å². The Morgan fingerprint density at radius 1 is 0.542 bits per heavy atom. The molecule has 0 amide bonds. The van der Waals surface area contributed by atoms with E-state index in [1.165, 1.54) is 87.9 Å². The first-order chi connectivity index (χ1) is 26.0. The van der Waals surface area contributed by atoms with E-state index in [-0.39, 0.29) is 51.9 Å². The fourth-order valence-corrected chi connectivity index (χ4v) is 8.39. The Hall–Kier alpha value is -1.86. The summed E-state index contributed by atoms with van der Waals surface area (Å²) in [6, 6.07) is 28.1. The van der Waals surface area contributed by atoms with Crippen LogP contribution in [0.2, 0.25) is 10.0 Å². The zero-order chi connectivity index (χ0) is 43.1. The van der Waals surface area contributed by atoms with Crippen LogP contribution in [0.4, 0.5) is 0 Å². The van der Waals surface area contributed by atoms with Gasteiger partial charge in [0.25, 0.3) is 0 Å². The zero-order valence-corrected chi connectivity index (χ0v) is 44.3. The van der Waals surface area contributed by atoms with E-state index in [9.17, 15) is 0 Å². The third-order valence-electron chi connectivity index (χ3n) is 10.9. The van der Waals surface area contributed by atoms with E-state index in [2.05, 4.69) is 166 Å². The van der Waals surface area contributed by atoms with Crippen molar-refractivity contribution < 1.29 is 49.0 Å². The van der Waals surface area contributed by atoms with Crippen molar-refractivity contribution in [1.29, 1.82) is 0 Å². The molecule has 1 unspecified atom stereocenters. The Labute approximate surface area is 396 Å². The molecule has 6 rings (SSSR count). The minimum atomic E-state index is 0. The average Bonchev–Trinajstić information content (AvgIpc) is 3.72. The van der Waals surface area contributed by atoms with Gasteiger partial charge in [0, 0.05) is 0 Å². The van der Waals surface area contributed by atoms with E-state index in [0.717, 1.165) is 10.0 Å². The fraction of sp³-hybridized carbons (Fsp3) is 0.444. The number of benzene rings is 4. The molecular formula is C54H68Cl4Zr-2. The van der Waals surface area contributed by atoms with Crippen LogP contribution >= 0.6 is 23.2 Å². The van der Waals surface area contributed by atoms with Crippen LogP contribution in [0.15, 0.2) is 96.6 Å². The van der Waals surface area contributed by atoms with E-state index < -0.39 is 0 Å². The standard InChI is InChI=1S/C29H41.C13H8Cl2.C12H19.2ClH.Zr/c1-26(2,3)22-14-18-13-19-15-23(27(4,5)6)25(29(10,11)12)17-21(19)20(18)16-24(22)28(7,8)9;14-12-5-1-10(2-6-12)9-11-3-7-13(15)8-4-11;1-9(2)10-6-7-11(8-10)12(3,4)5;;;/h13-17H,1-12H3;1-8H;7-10H,1-5H3;2*1H;/q-1;;-1;;;+2/p-2. The molecule has 1 aliphatic carbocycles. The van der Waals surface area contributed by atoms with Gasteiger partial charge in [0.05, 0.1) is 0 Å². The molecule has 0 bridgehead atoms. The van der Waals surface area contributed by atoms with Crippen LogP contribution in [0.25, 0.3) is 21.5 Å². The Kier molecular flexibility index (Phi) is 18.2. The second kappa shape index (κ2) is 20.1. The molecule has 0 fully saturated rings. The van der Waals surface area contributed by atoms with Gasteiger partial charge in [-0.15, -0.1) is 39.7 Å². The number of hydrogen-bond donors (Lipinski definition) is 0. The van der Waals surface area contributed by atoms with Gasteiger partial charge in [0.1, 0.15) is 0 Å². The summed E-state index contributed by atoms with van der Waals surface area (Å²) in [5.41, 5.74) is 10.6. The topological polar surface area (TPSA) is 0 Å². The van der Waals surface area contributed by atoms with Gasteiger partial charge in [0.15, 0.2) is 0 Å². The van der Waals surface area contributed by atoms with E-state index in [4.69, 9.17) is 23.2 Å². The van der Waals surface area contributed by atoms with Crippen molar-refractivity contribution in [3.63, 3.8) is 0 Å². The minimum Gasteiger partial charge on any atom is -1.00 e. The predicted octanol–water partition coefficient (Wildman–Crippen LogP) is 10.6. The van der Waals surface area contributed by atoms with Crippen LogP contribution in [0, 0.1) is 23.3 Å². The number of halogens is 4. The maximum absolute atomic E-state index is 5.86. The molecule has 5 aromatic rings. The molecule has 0 spiro atoms. The molecule has 1 atom stereocenters. The Balaban J connectivity index is 0.000000337. The number of allylic oxidation sites excluding steroid dienone is 4. The molecule has 318 valence electrons. The van der Waals surface area contributed by atoms with Crippen LogP contribution < -0.4 is 24.8 Å². The second-order valence-corrected chi connectivity index (χ2v) is 23.6. The third kappa shape index (κ3) is 13.8. The normalized spacial score (nSPS) is 14.5. The predicted molar refractivity (Wildman–Crippen MR) is 252 cm³/mol. The minimum absolute atomic E-state index is 0. The summed E-state index contributed by atoms with van der Waals surface area (Å²) >= 11 is 13.1. The van der Waals surface area contributed by atoms with Crippen molar-refractivity contribution in [3.05, 3.63) is 146 Å². The SMILES string of the molecule is CC(C)(C)c1cc2[cH-]c3cc(C(C)(C)C)c(C(C)(C)C)cc3c2cc1C(C)(C)C.CC(C)C1[C-]=CC(C(C)(C)C)=C1.Clc1ccc([C](=[Zr+2])c2ccc(Cl)cc2)cc1.[Cl-].[Cl-].